The average molecular weight is 248 g/mol. The third-order valence-electron chi connectivity index (χ3n) is 2.73. The summed E-state index contributed by atoms with van der Waals surface area (Å²) in [4.78, 5) is 12.4. The number of imidazole rings is 1. The molecule has 0 fully saturated rings. The first-order chi connectivity index (χ1) is 8.79. The van der Waals surface area contributed by atoms with E-state index in [1.165, 1.54) is 13.4 Å². The number of fused-ring (bicyclic) bond motifs is 1. The van der Waals surface area contributed by atoms with Crippen LogP contribution in [-0.2, 0) is 4.74 Å². The van der Waals surface area contributed by atoms with Crippen LogP contribution in [-0.4, -0.2) is 44.4 Å². The molecule has 2 aromatic rings. The van der Waals surface area contributed by atoms with Crippen LogP contribution in [0.5, 0.6) is 5.88 Å². The Balaban J connectivity index is 2.05. The molecule has 2 atom stereocenters. The summed E-state index contributed by atoms with van der Waals surface area (Å²) in [6, 6.07) is 0. The molecule has 7 nitrogen and oxygen atoms in total. The Morgan fingerprint density at radius 1 is 1.39 bits per heavy atom. The van der Waals surface area contributed by atoms with E-state index in [-0.39, 0.29) is 12.8 Å². The zero-order chi connectivity index (χ0) is 12.5. The van der Waals surface area contributed by atoms with Gasteiger partial charge in [-0.3, -0.25) is 4.57 Å². The largest absolute Gasteiger partial charge is 0.479 e. The summed E-state index contributed by atoms with van der Waals surface area (Å²) in [6.07, 6.45) is 5.62. The predicted octanol–water partition coefficient (Wildman–Crippen LogP) is 0.281. The summed E-state index contributed by atoms with van der Waals surface area (Å²) in [5.41, 5.74) is 1.22. The Kier molecular flexibility index (Phi) is 2.69. The van der Waals surface area contributed by atoms with Crippen molar-refractivity contribution in [2.24, 2.45) is 0 Å². The molecule has 2 aromatic heterocycles. The van der Waals surface area contributed by atoms with E-state index in [1.807, 2.05) is 0 Å². The average Bonchev–Trinajstić information content (AvgIpc) is 2.83. The van der Waals surface area contributed by atoms with Gasteiger partial charge in [-0.25, -0.2) is 9.97 Å². The second kappa shape index (κ2) is 4.35. The first-order valence-corrected chi connectivity index (χ1v) is 5.49. The molecule has 0 aromatic carbocycles. The minimum absolute atomic E-state index is 0.253. The van der Waals surface area contributed by atoms with Crippen molar-refractivity contribution in [1.29, 1.82) is 0 Å². The van der Waals surface area contributed by atoms with E-state index in [1.54, 1.807) is 23.0 Å². The fourth-order valence-electron chi connectivity index (χ4n) is 1.87. The fraction of sp³-hybridized carbons (Fsp3) is 0.364. The number of aromatic nitrogens is 4. The van der Waals surface area contributed by atoms with Gasteiger partial charge in [0.1, 0.15) is 6.33 Å². The van der Waals surface area contributed by atoms with Crippen LogP contribution < -0.4 is 4.74 Å². The van der Waals surface area contributed by atoms with Crippen LogP contribution in [0.25, 0.3) is 11.2 Å². The summed E-state index contributed by atoms with van der Waals surface area (Å²) in [7, 11) is 1.54. The molecule has 0 unspecified atom stereocenters. The van der Waals surface area contributed by atoms with Gasteiger partial charge in [-0.05, 0) is 6.08 Å². The van der Waals surface area contributed by atoms with Crippen LogP contribution in [0.2, 0.25) is 0 Å². The molecule has 0 saturated heterocycles. The molecule has 3 heterocycles. The van der Waals surface area contributed by atoms with Gasteiger partial charge < -0.3 is 14.6 Å². The Labute approximate surface area is 103 Å². The summed E-state index contributed by atoms with van der Waals surface area (Å²) in [6.45, 7) is 0.253. The number of aliphatic hydroxyl groups is 1. The van der Waals surface area contributed by atoms with Crippen LogP contribution in [0.1, 0.15) is 6.23 Å². The third-order valence-corrected chi connectivity index (χ3v) is 2.73. The van der Waals surface area contributed by atoms with Gasteiger partial charge in [-0.15, -0.1) is 0 Å². The molecule has 0 radical (unpaired) electrons. The van der Waals surface area contributed by atoms with Crippen LogP contribution >= 0.6 is 0 Å². The lowest BCUT2D eigenvalue weighted by atomic mass is 10.3. The highest BCUT2D eigenvalue weighted by atomic mass is 16.5. The molecule has 94 valence electrons. The molecule has 1 N–H and O–H groups in total. The molecule has 0 amide bonds. The number of hydrogen-bond donors (Lipinski definition) is 1. The molecule has 0 spiro atoms. The molecular weight excluding hydrogens is 236 g/mol. The Morgan fingerprint density at radius 3 is 3.00 bits per heavy atom. The number of rotatable bonds is 2. The molecule has 0 bridgehead atoms. The predicted molar refractivity (Wildman–Crippen MR) is 62.0 cm³/mol. The maximum absolute atomic E-state index is 9.34. The van der Waals surface area contributed by atoms with E-state index in [4.69, 9.17) is 9.47 Å². The maximum Gasteiger partial charge on any atom is 0.245 e. The zero-order valence-corrected chi connectivity index (χ0v) is 9.72. The summed E-state index contributed by atoms with van der Waals surface area (Å²) >= 11 is 0. The van der Waals surface area contributed by atoms with E-state index >= 15 is 0 Å². The highest BCUT2D eigenvalue weighted by molar-refractivity contribution is 5.76. The minimum Gasteiger partial charge on any atom is -0.479 e. The Hall–Kier alpha value is -1.99. The van der Waals surface area contributed by atoms with Gasteiger partial charge in [0.05, 0.1) is 26.1 Å². The maximum atomic E-state index is 9.34. The topological polar surface area (TPSA) is 82.3 Å². The first-order valence-electron chi connectivity index (χ1n) is 5.49. The van der Waals surface area contributed by atoms with Gasteiger partial charge in [-0.1, -0.05) is 6.08 Å². The van der Waals surface area contributed by atoms with Gasteiger partial charge in [0.2, 0.25) is 5.88 Å². The van der Waals surface area contributed by atoms with Crippen LogP contribution in [0, 0.1) is 0 Å². The van der Waals surface area contributed by atoms with Crippen molar-refractivity contribution >= 4 is 11.2 Å². The van der Waals surface area contributed by atoms with Gasteiger partial charge in [-0.2, -0.15) is 4.98 Å². The van der Waals surface area contributed by atoms with Crippen molar-refractivity contribution in [3.63, 3.8) is 0 Å². The number of hydrogen-bond acceptors (Lipinski definition) is 6. The lowest BCUT2D eigenvalue weighted by molar-refractivity contribution is -0.0165. The second-order valence-corrected chi connectivity index (χ2v) is 3.88. The zero-order valence-electron chi connectivity index (χ0n) is 9.72. The van der Waals surface area contributed by atoms with E-state index < -0.39 is 6.10 Å². The van der Waals surface area contributed by atoms with E-state index in [2.05, 4.69) is 15.0 Å². The van der Waals surface area contributed by atoms with E-state index in [0.717, 1.165) is 0 Å². The number of nitrogens with zero attached hydrogens (tertiary/aromatic N) is 4. The SMILES string of the molecule is COc1ncnc2c1ncn2[C@H]1C=C[C@H](O)CO1. The first kappa shape index (κ1) is 11.1. The highest BCUT2D eigenvalue weighted by Gasteiger charge is 2.19. The molecule has 0 saturated carbocycles. The summed E-state index contributed by atoms with van der Waals surface area (Å²) in [5, 5.41) is 9.34. The molecular formula is C11H12N4O3. The smallest absolute Gasteiger partial charge is 0.245 e. The highest BCUT2D eigenvalue weighted by Crippen LogP contribution is 2.24. The number of methoxy groups -OCH3 is 1. The lowest BCUT2D eigenvalue weighted by Gasteiger charge is -2.21. The number of ether oxygens (including phenoxy) is 2. The van der Waals surface area contributed by atoms with Gasteiger partial charge in [0, 0.05) is 0 Å². The van der Waals surface area contributed by atoms with Gasteiger partial charge in [0.15, 0.2) is 17.4 Å². The lowest BCUT2D eigenvalue weighted by Crippen LogP contribution is -2.22. The van der Waals surface area contributed by atoms with Crippen molar-refractivity contribution in [3.8, 4) is 5.88 Å². The van der Waals surface area contributed by atoms with Crippen molar-refractivity contribution in [3.05, 3.63) is 24.8 Å². The molecule has 7 heteroatoms. The molecule has 0 aliphatic carbocycles. The van der Waals surface area contributed by atoms with Crippen molar-refractivity contribution in [2.75, 3.05) is 13.7 Å². The van der Waals surface area contributed by atoms with E-state index in [0.29, 0.717) is 17.0 Å². The Morgan fingerprint density at radius 2 is 2.28 bits per heavy atom. The number of aliphatic hydroxyl groups excluding tert-OH is 1. The molecule has 1 aliphatic heterocycles. The monoisotopic (exact) mass is 248 g/mol. The molecule has 3 rings (SSSR count). The van der Waals surface area contributed by atoms with Crippen LogP contribution in [0.4, 0.5) is 0 Å². The Bertz CT molecular complexity index is 595. The second-order valence-electron chi connectivity index (χ2n) is 3.88. The van der Waals surface area contributed by atoms with Crippen LogP contribution in [0.3, 0.4) is 0 Å². The molecule has 18 heavy (non-hydrogen) atoms. The third kappa shape index (κ3) is 1.73. The summed E-state index contributed by atoms with van der Waals surface area (Å²) < 4.78 is 12.4. The van der Waals surface area contributed by atoms with Crippen molar-refractivity contribution in [2.45, 2.75) is 12.3 Å². The summed E-state index contributed by atoms with van der Waals surface area (Å²) in [5.74, 6) is 0.429. The normalized spacial score (nSPS) is 23.4. The minimum atomic E-state index is -0.555. The molecule has 1 aliphatic rings. The van der Waals surface area contributed by atoms with Crippen molar-refractivity contribution in [1.82, 2.24) is 19.5 Å². The van der Waals surface area contributed by atoms with Crippen molar-refractivity contribution < 1.29 is 14.6 Å². The van der Waals surface area contributed by atoms with E-state index in [9.17, 15) is 5.11 Å². The fourth-order valence-corrected chi connectivity index (χ4v) is 1.87. The van der Waals surface area contributed by atoms with Gasteiger partial charge >= 0.3 is 0 Å². The quantitative estimate of drug-likeness (QED) is 0.769. The standard InChI is InChI=1S/C11H12N4O3/c1-17-11-9-10(12-5-13-11)15(6-14-9)8-3-2-7(16)4-18-8/h2-3,5-8,16H,4H2,1H3/t7-,8+/m0/s1. The van der Waals surface area contributed by atoms with Gasteiger partial charge in [0.25, 0.3) is 0 Å². The van der Waals surface area contributed by atoms with Crippen LogP contribution in [0.15, 0.2) is 24.8 Å².